The summed E-state index contributed by atoms with van der Waals surface area (Å²) in [4.78, 5) is 4.44. The molecule has 0 radical (unpaired) electrons. The predicted molar refractivity (Wildman–Crippen MR) is 82.0 cm³/mol. The van der Waals surface area contributed by atoms with Crippen LogP contribution < -0.4 is 10.5 Å². The van der Waals surface area contributed by atoms with Crippen LogP contribution in [0.5, 0.6) is 11.6 Å². The van der Waals surface area contributed by atoms with E-state index in [-0.39, 0.29) is 0 Å². The van der Waals surface area contributed by atoms with Crippen LogP contribution in [0.1, 0.15) is 5.56 Å². The molecule has 0 saturated heterocycles. The number of ether oxygens (including phenoxy) is 1. The van der Waals surface area contributed by atoms with Gasteiger partial charge in [-0.3, -0.25) is 0 Å². The van der Waals surface area contributed by atoms with E-state index in [2.05, 4.69) is 11.1 Å². The van der Waals surface area contributed by atoms with Crippen molar-refractivity contribution in [3.63, 3.8) is 0 Å². The monoisotopic (exact) mass is 275 g/mol. The average molecular weight is 275 g/mol. The Hall–Kier alpha value is -3.06. The number of benzene rings is 2. The second-order valence-electron chi connectivity index (χ2n) is 4.68. The first-order chi connectivity index (χ1) is 10.2. The molecule has 21 heavy (non-hydrogen) atoms. The van der Waals surface area contributed by atoms with Crippen LogP contribution in [0.3, 0.4) is 0 Å². The van der Waals surface area contributed by atoms with Crippen molar-refractivity contribution < 1.29 is 4.74 Å². The third-order valence-electron chi connectivity index (χ3n) is 3.12. The Balaban J connectivity index is 1.84. The zero-order valence-corrected chi connectivity index (χ0v) is 11.3. The van der Waals surface area contributed by atoms with Gasteiger partial charge in [-0.05, 0) is 42.0 Å². The molecule has 0 aliphatic carbocycles. The Morgan fingerprint density at radius 2 is 1.86 bits per heavy atom. The zero-order chi connectivity index (χ0) is 14.7. The Morgan fingerprint density at radius 3 is 2.62 bits per heavy atom. The highest BCUT2D eigenvalue weighted by atomic mass is 16.5. The standard InChI is InChI=1S/C17H13N3O/c18-10-9-12-1-5-15(6-2-12)21-17-8-3-13-11-14(19)4-7-16(13)20-17/h1-8,11H,9,19H2. The molecule has 0 aliphatic rings. The minimum Gasteiger partial charge on any atom is -0.439 e. The van der Waals surface area contributed by atoms with Gasteiger partial charge < -0.3 is 10.5 Å². The van der Waals surface area contributed by atoms with E-state index in [0.717, 1.165) is 16.5 Å². The van der Waals surface area contributed by atoms with E-state index in [1.165, 1.54) is 0 Å². The van der Waals surface area contributed by atoms with Crippen molar-refractivity contribution in [1.82, 2.24) is 4.98 Å². The second-order valence-corrected chi connectivity index (χ2v) is 4.68. The third-order valence-corrected chi connectivity index (χ3v) is 3.12. The van der Waals surface area contributed by atoms with Crippen LogP contribution in [-0.4, -0.2) is 4.98 Å². The highest BCUT2D eigenvalue weighted by Crippen LogP contribution is 2.23. The summed E-state index contributed by atoms with van der Waals surface area (Å²) in [6, 6.07) is 18.8. The SMILES string of the molecule is N#CCc1ccc(Oc2ccc3cc(N)ccc3n2)cc1. The maximum Gasteiger partial charge on any atom is 0.219 e. The van der Waals surface area contributed by atoms with Gasteiger partial charge in [-0.25, -0.2) is 4.98 Å². The van der Waals surface area contributed by atoms with Crippen molar-refractivity contribution in [2.24, 2.45) is 0 Å². The van der Waals surface area contributed by atoms with E-state index in [9.17, 15) is 0 Å². The van der Waals surface area contributed by atoms with Gasteiger partial charge in [0.15, 0.2) is 0 Å². The first-order valence-electron chi connectivity index (χ1n) is 6.54. The Kier molecular flexibility index (Phi) is 3.40. The maximum absolute atomic E-state index is 8.64. The summed E-state index contributed by atoms with van der Waals surface area (Å²) >= 11 is 0. The van der Waals surface area contributed by atoms with Gasteiger partial charge in [-0.2, -0.15) is 5.26 Å². The van der Waals surface area contributed by atoms with Gasteiger partial charge in [-0.1, -0.05) is 12.1 Å². The molecule has 0 bridgehead atoms. The number of hydrogen-bond donors (Lipinski definition) is 1. The van der Waals surface area contributed by atoms with Gasteiger partial charge in [0.1, 0.15) is 5.75 Å². The summed E-state index contributed by atoms with van der Waals surface area (Å²) in [5.41, 5.74) is 8.26. The van der Waals surface area contributed by atoms with Gasteiger partial charge in [0.25, 0.3) is 0 Å². The van der Waals surface area contributed by atoms with Crippen LogP contribution in [0, 0.1) is 11.3 Å². The highest BCUT2D eigenvalue weighted by Gasteiger charge is 2.02. The van der Waals surface area contributed by atoms with Crippen molar-refractivity contribution in [1.29, 1.82) is 5.26 Å². The highest BCUT2D eigenvalue weighted by molar-refractivity contribution is 5.82. The molecule has 3 rings (SSSR count). The molecule has 3 aromatic rings. The number of nitrogens with zero attached hydrogens (tertiary/aromatic N) is 2. The molecule has 2 aromatic carbocycles. The van der Waals surface area contributed by atoms with E-state index in [4.69, 9.17) is 15.7 Å². The summed E-state index contributed by atoms with van der Waals surface area (Å²) in [6.45, 7) is 0. The van der Waals surface area contributed by atoms with Crippen LogP contribution in [0.2, 0.25) is 0 Å². The average Bonchev–Trinajstić information content (AvgIpc) is 2.50. The van der Waals surface area contributed by atoms with Crippen LogP contribution >= 0.6 is 0 Å². The summed E-state index contributed by atoms with van der Waals surface area (Å²) in [6.07, 6.45) is 0.399. The fourth-order valence-electron chi connectivity index (χ4n) is 2.07. The summed E-state index contributed by atoms with van der Waals surface area (Å²) in [7, 11) is 0. The summed E-state index contributed by atoms with van der Waals surface area (Å²) in [5.74, 6) is 1.22. The molecule has 0 aliphatic heterocycles. The van der Waals surface area contributed by atoms with Gasteiger partial charge in [0.05, 0.1) is 18.0 Å². The molecule has 1 heterocycles. The van der Waals surface area contributed by atoms with Crippen LogP contribution in [0.15, 0.2) is 54.6 Å². The van der Waals surface area contributed by atoms with E-state index in [1.54, 1.807) is 0 Å². The van der Waals surface area contributed by atoms with Gasteiger partial charge in [0.2, 0.25) is 5.88 Å². The number of hydrogen-bond acceptors (Lipinski definition) is 4. The molecule has 1 aromatic heterocycles. The number of rotatable bonds is 3. The van der Waals surface area contributed by atoms with Crippen LogP contribution in [0.25, 0.3) is 10.9 Å². The van der Waals surface area contributed by atoms with Crippen LogP contribution in [0.4, 0.5) is 5.69 Å². The van der Waals surface area contributed by atoms with E-state index < -0.39 is 0 Å². The summed E-state index contributed by atoms with van der Waals surface area (Å²) < 4.78 is 5.72. The number of fused-ring (bicyclic) bond motifs is 1. The lowest BCUT2D eigenvalue weighted by atomic mass is 10.2. The van der Waals surface area contributed by atoms with E-state index >= 15 is 0 Å². The molecule has 0 amide bonds. The molecular formula is C17H13N3O. The molecule has 102 valence electrons. The summed E-state index contributed by atoms with van der Waals surface area (Å²) in [5, 5.41) is 9.62. The van der Waals surface area contributed by atoms with E-state index in [1.807, 2.05) is 54.6 Å². The van der Waals surface area contributed by atoms with Crippen molar-refractivity contribution in [2.45, 2.75) is 6.42 Å². The van der Waals surface area contributed by atoms with Gasteiger partial charge in [-0.15, -0.1) is 0 Å². The maximum atomic E-state index is 8.64. The first kappa shape index (κ1) is 12.9. The fourth-order valence-corrected chi connectivity index (χ4v) is 2.07. The minimum absolute atomic E-state index is 0.399. The first-order valence-corrected chi connectivity index (χ1v) is 6.54. The third kappa shape index (κ3) is 2.93. The molecule has 0 atom stereocenters. The van der Waals surface area contributed by atoms with Crippen molar-refractivity contribution in [3.8, 4) is 17.7 Å². The second kappa shape index (κ2) is 5.51. The fraction of sp³-hybridized carbons (Fsp3) is 0.0588. The van der Waals surface area contributed by atoms with E-state index in [0.29, 0.717) is 23.7 Å². The lowest BCUT2D eigenvalue weighted by molar-refractivity contribution is 0.465. The minimum atomic E-state index is 0.399. The molecular weight excluding hydrogens is 262 g/mol. The number of aromatic nitrogens is 1. The Bertz CT molecular complexity index is 820. The molecule has 0 fully saturated rings. The topological polar surface area (TPSA) is 71.9 Å². The smallest absolute Gasteiger partial charge is 0.219 e. The van der Waals surface area contributed by atoms with Crippen molar-refractivity contribution >= 4 is 16.6 Å². The lowest BCUT2D eigenvalue weighted by Gasteiger charge is -2.06. The van der Waals surface area contributed by atoms with Gasteiger partial charge >= 0.3 is 0 Å². The molecule has 0 spiro atoms. The normalized spacial score (nSPS) is 10.2. The molecule has 4 heteroatoms. The van der Waals surface area contributed by atoms with Gasteiger partial charge in [0, 0.05) is 17.1 Å². The largest absolute Gasteiger partial charge is 0.439 e. The molecule has 0 unspecified atom stereocenters. The number of anilines is 1. The van der Waals surface area contributed by atoms with Crippen LogP contribution in [-0.2, 0) is 6.42 Å². The molecule has 0 saturated carbocycles. The molecule has 4 nitrogen and oxygen atoms in total. The number of nitrogen functional groups attached to an aromatic ring is 1. The predicted octanol–water partition coefficient (Wildman–Crippen LogP) is 3.68. The number of pyridine rings is 1. The Labute approximate surface area is 122 Å². The number of nitrogens with two attached hydrogens (primary N) is 1. The lowest BCUT2D eigenvalue weighted by Crippen LogP contribution is -1.90. The van der Waals surface area contributed by atoms with Crippen molar-refractivity contribution in [2.75, 3.05) is 5.73 Å². The zero-order valence-electron chi connectivity index (χ0n) is 11.3. The molecule has 2 N–H and O–H groups in total. The van der Waals surface area contributed by atoms with Crippen molar-refractivity contribution in [3.05, 3.63) is 60.2 Å². The number of nitriles is 1. The Morgan fingerprint density at radius 1 is 1.05 bits per heavy atom. The quantitative estimate of drug-likeness (QED) is 0.740.